The van der Waals surface area contributed by atoms with Crippen LogP contribution in [0.15, 0.2) is 0 Å². The molecule has 0 saturated heterocycles. The monoisotopic (exact) mass is 1060 g/mol. The minimum atomic E-state index is -0.0688. The van der Waals surface area contributed by atoms with Gasteiger partial charge in [-0.15, -0.1) is 49.6 Å². The molecule has 69 heavy (non-hydrogen) atoms. The molecule has 418 valence electrons. The molecular formula is C56H116Cl4N4O5. The number of amides is 2. The van der Waals surface area contributed by atoms with Crippen molar-refractivity contribution in [2.45, 2.75) is 265 Å². The lowest BCUT2D eigenvalue weighted by Crippen LogP contribution is -2.41. The van der Waals surface area contributed by atoms with E-state index in [1.54, 1.807) is 0 Å². The third-order valence-electron chi connectivity index (χ3n) is 13.3. The molecule has 0 radical (unpaired) electrons. The lowest BCUT2D eigenvalue weighted by atomic mass is 9.94. The first-order chi connectivity index (χ1) is 31.8. The molecule has 0 aromatic carbocycles. The topological polar surface area (TPSA) is 100 Å². The third kappa shape index (κ3) is 54.9. The maximum absolute atomic E-state index is 13.0. The van der Waals surface area contributed by atoms with Crippen LogP contribution >= 0.6 is 49.6 Å². The molecule has 0 aliphatic rings. The van der Waals surface area contributed by atoms with E-state index in [4.69, 9.17) is 9.47 Å². The Morgan fingerprint density at radius 2 is 0.667 bits per heavy atom. The number of halogens is 4. The smallest absolute Gasteiger partial charge is 0.314 e. The first-order valence-electron chi connectivity index (χ1n) is 28.5. The van der Waals surface area contributed by atoms with Crippen LogP contribution in [-0.4, -0.2) is 94.3 Å². The van der Waals surface area contributed by atoms with Crippen molar-refractivity contribution in [1.82, 2.24) is 20.4 Å². The second kappa shape index (κ2) is 61.6. The third-order valence-corrected chi connectivity index (χ3v) is 13.3. The predicted octanol–water partition coefficient (Wildman–Crippen LogP) is 16.7. The highest BCUT2D eigenvalue weighted by Gasteiger charge is 2.20. The molecule has 0 aliphatic heterocycles. The van der Waals surface area contributed by atoms with Crippen molar-refractivity contribution in [2.24, 2.45) is 11.8 Å². The van der Waals surface area contributed by atoms with Crippen LogP contribution in [0.1, 0.15) is 265 Å². The highest BCUT2D eigenvalue weighted by Crippen LogP contribution is 2.22. The molecule has 0 heterocycles. The number of nitrogens with zero attached hydrogens (tertiary/aromatic N) is 2. The molecule has 9 nitrogen and oxygen atoms in total. The van der Waals surface area contributed by atoms with Crippen LogP contribution in [-0.2, 0) is 19.1 Å². The minimum absolute atomic E-state index is 0. The van der Waals surface area contributed by atoms with Crippen molar-refractivity contribution in [2.75, 3.05) is 66.6 Å². The Balaban J connectivity index is -0.00000341. The van der Waals surface area contributed by atoms with Gasteiger partial charge in [0.2, 0.25) is 0 Å². The maximum Gasteiger partial charge on any atom is 0.314 e. The van der Waals surface area contributed by atoms with Crippen molar-refractivity contribution in [3.05, 3.63) is 0 Å². The zero-order valence-electron chi connectivity index (χ0n) is 46.0. The molecule has 0 rings (SSSR count). The quantitative estimate of drug-likeness (QED) is 0.0462. The standard InChI is InChI=1S/C56H112N4O5.4ClH/c1-7-11-15-19-25-33-42-52(40-31-17-13-9-3)54(61)64-50-37-29-23-21-27-35-47-60(49-45-58-56(63)57-44-39-46-59(5)6)48-36-28-22-24-30-38-51-65-55(62)53(41-32-18-14-10-4)43-34-26-20-16-12-8-2;;;;/h52-53H,7-51H2,1-6H3,(H2,57,58,63);4*1H. The molecule has 0 aromatic heterocycles. The summed E-state index contributed by atoms with van der Waals surface area (Å²) in [6.07, 6.45) is 43.5. The van der Waals surface area contributed by atoms with Crippen molar-refractivity contribution < 1.29 is 23.9 Å². The number of hydrogen-bond donors (Lipinski definition) is 2. The fourth-order valence-electron chi connectivity index (χ4n) is 8.93. The lowest BCUT2D eigenvalue weighted by Gasteiger charge is -2.22. The van der Waals surface area contributed by atoms with E-state index >= 15 is 0 Å². The van der Waals surface area contributed by atoms with Crippen molar-refractivity contribution in [1.29, 1.82) is 0 Å². The SMILES string of the molecule is CCCCCCCCC(CCCCCC)C(=O)OCCCCCCCCN(CCCCCCCCOC(=O)C(CCCCCC)CCCCCCCC)CCNC(=O)NCCCN(C)C.Cl.Cl.Cl.Cl. The first-order valence-corrected chi connectivity index (χ1v) is 28.5. The van der Waals surface area contributed by atoms with E-state index in [9.17, 15) is 14.4 Å². The Bertz CT molecular complexity index is 989. The molecule has 0 spiro atoms. The number of carbonyl (C=O) groups is 3. The molecular weight excluding hydrogens is 950 g/mol. The van der Waals surface area contributed by atoms with E-state index in [2.05, 4.69) is 62.2 Å². The second-order valence-electron chi connectivity index (χ2n) is 20.0. The second-order valence-corrected chi connectivity index (χ2v) is 20.0. The summed E-state index contributed by atoms with van der Waals surface area (Å²) in [5.41, 5.74) is 0. The van der Waals surface area contributed by atoms with Crippen molar-refractivity contribution in [3.63, 3.8) is 0 Å². The number of ether oxygens (including phenoxy) is 2. The summed E-state index contributed by atoms with van der Waals surface area (Å²) >= 11 is 0. The Morgan fingerprint density at radius 3 is 1.03 bits per heavy atom. The van der Waals surface area contributed by atoms with Gasteiger partial charge in [-0.2, -0.15) is 0 Å². The number of unbranched alkanes of at least 4 members (excludes halogenated alkanes) is 26. The minimum Gasteiger partial charge on any atom is -0.465 e. The zero-order chi connectivity index (χ0) is 47.7. The van der Waals surface area contributed by atoms with Gasteiger partial charge in [0.25, 0.3) is 0 Å². The molecule has 13 heteroatoms. The van der Waals surface area contributed by atoms with Gasteiger partial charge in [0.1, 0.15) is 0 Å². The van der Waals surface area contributed by atoms with E-state index < -0.39 is 0 Å². The molecule has 0 saturated carbocycles. The highest BCUT2D eigenvalue weighted by atomic mass is 35.5. The van der Waals surface area contributed by atoms with Gasteiger partial charge in [-0.1, -0.05) is 207 Å². The van der Waals surface area contributed by atoms with E-state index in [1.165, 1.54) is 154 Å². The number of nitrogens with one attached hydrogen (secondary N) is 2. The number of carbonyl (C=O) groups excluding carboxylic acids is 3. The zero-order valence-corrected chi connectivity index (χ0v) is 49.3. The van der Waals surface area contributed by atoms with Crippen LogP contribution in [0.25, 0.3) is 0 Å². The molecule has 2 amide bonds. The Morgan fingerprint density at radius 1 is 0.362 bits per heavy atom. The van der Waals surface area contributed by atoms with Gasteiger partial charge in [-0.25, -0.2) is 4.79 Å². The van der Waals surface area contributed by atoms with Gasteiger partial charge in [-0.3, -0.25) is 9.59 Å². The summed E-state index contributed by atoms with van der Waals surface area (Å²) in [6.45, 7) is 15.4. The number of rotatable bonds is 51. The largest absolute Gasteiger partial charge is 0.465 e. The molecule has 2 N–H and O–H groups in total. The summed E-state index contributed by atoms with van der Waals surface area (Å²) in [7, 11) is 4.11. The molecule has 0 aromatic rings. The van der Waals surface area contributed by atoms with E-state index in [0.29, 0.717) is 26.3 Å². The summed E-state index contributed by atoms with van der Waals surface area (Å²) < 4.78 is 11.7. The van der Waals surface area contributed by atoms with Gasteiger partial charge in [0.05, 0.1) is 25.0 Å². The Kier molecular flexibility index (Phi) is 68.9. The van der Waals surface area contributed by atoms with E-state index in [1.807, 2.05) is 0 Å². The first kappa shape index (κ1) is 77.2. The van der Waals surface area contributed by atoms with Gasteiger partial charge in [0, 0.05) is 19.6 Å². The van der Waals surface area contributed by atoms with Crippen molar-refractivity contribution >= 4 is 67.6 Å². The number of urea groups is 1. The summed E-state index contributed by atoms with van der Waals surface area (Å²) in [5.74, 6) is 0.285. The maximum atomic E-state index is 13.0. The van der Waals surface area contributed by atoms with Crippen molar-refractivity contribution in [3.8, 4) is 0 Å². The van der Waals surface area contributed by atoms with Crippen LogP contribution in [0.5, 0.6) is 0 Å². The van der Waals surface area contributed by atoms with Gasteiger partial charge in [-0.05, 0) is 91.5 Å². The molecule has 2 unspecified atom stereocenters. The Labute approximate surface area is 453 Å². The highest BCUT2D eigenvalue weighted by molar-refractivity contribution is 5.86. The van der Waals surface area contributed by atoms with Crippen LogP contribution in [0.2, 0.25) is 0 Å². The fourth-order valence-corrected chi connectivity index (χ4v) is 8.93. The molecule has 0 bridgehead atoms. The summed E-state index contributed by atoms with van der Waals surface area (Å²) in [6, 6.07) is -0.0688. The summed E-state index contributed by atoms with van der Waals surface area (Å²) in [5, 5.41) is 6.08. The van der Waals surface area contributed by atoms with Crippen LogP contribution in [0.3, 0.4) is 0 Å². The van der Waals surface area contributed by atoms with Gasteiger partial charge < -0.3 is 29.9 Å². The predicted molar refractivity (Wildman–Crippen MR) is 308 cm³/mol. The normalized spacial score (nSPS) is 11.8. The summed E-state index contributed by atoms with van der Waals surface area (Å²) in [4.78, 5) is 43.1. The van der Waals surface area contributed by atoms with Crippen LogP contribution in [0.4, 0.5) is 4.79 Å². The van der Waals surface area contributed by atoms with E-state index in [-0.39, 0.29) is 79.4 Å². The van der Waals surface area contributed by atoms with E-state index in [0.717, 1.165) is 110 Å². The number of esters is 2. The average Bonchev–Trinajstić information content (AvgIpc) is 3.29. The molecule has 2 atom stereocenters. The van der Waals surface area contributed by atoms with Gasteiger partial charge >= 0.3 is 18.0 Å². The fraction of sp³-hybridized carbons (Fsp3) is 0.946. The van der Waals surface area contributed by atoms with Gasteiger partial charge in [0.15, 0.2) is 0 Å². The van der Waals surface area contributed by atoms with Crippen LogP contribution < -0.4 is 10.6 Å². The van der Waals surface area contributed by atoms with Crippen LogP contribution in [0, 0.1) is 11.8 Å². The molecule has 0 aliphatic carbocycles. The number of hydrogen-bond acceptors (Lipinski definition) is 7. The Hall–Kier alpha value is -0.710. The lowest BCUT2D eigenvalue weighted by molar-refractivity contribution is -0.150. The molecule has 0 fully saturated rings. The average molecular weight is 1070 g/mol.